The Kier molecular flexibility index (Phi) is 3.51. The van der Waals surface area contributed by atoms with Gasteiger partial charge in [-0.15, -0.1) is 0 Å². The first-order valence-corrected chi connectivity index (χ1v) is 4.88. The Morgan fingerprint density at radius 2 is 2.00 bits per heavy atom. The minimum Gasteiger partial charge on any atom is -0.299 e. The molecule has 0 aromatic rings. The van der Waals surface area contributed by atoms with Gasteiger partial charge in [0.1, 0.15) is 5.78 Å². The minimum atomic E-state index is 0.222. The average Bonchev–Trinajstić information content (AvgIpc) is 2.51. The fraction of sp³-hybridized carbons (Fsp3) is 0.727. The molecule has 1 rings (SSSR count). The zero-order valence-electron chi connectivity index (χ0n) is 8.05. The summed E-state index contributed by atoms with van der Waals surface area (Å²) < 4.78 is 0. The van der Waals surface area contributed by atoms with Crippen LogP contribution >= 0.6 is 0 Å². The van der Waals surface area contributed by atoms with Crippen molar-refractivity contribution < 1.29 is 4.79 Å². The van der Waals surface area contributed by atoms with Gasteiger partial charge in [0.05, 0.1) is 0 Å². The van der Waals surface area contributed by atoms with Crippen molar-refractivity contribution in [3.63, 3.8) is 0 Å². The van der Waals surface area contributed by atoms with Crippen molar-refractivity contribution in [3.05, 3.63) is 12.2 Å². The van der Waals surface area contributed by atoms with Crippen LogP contribution in [0.1, 0.15) is 39.5 Å². The van der Waals surface area contributed by atoms with E-state index in [1.54, 1.807) is 0 Å². The molecule has 1 heteroatoms. The molecule has 0 radical (unpaired) electrons. The van der Waals surface area contributed by atoms with Crippen LogP contribution in [0.2, 0.25) is 0 Å². The first-order chi connectivity index (χ1) is 5.70. The summed E-state index contributed by atoms with van der Waals surface area (Å²) in [7, 11) is 0. The SMILES string of the molecule is CC(C)C(=O)CCC1CC=CC1. The lowest BCUT2D eigenvalue weighted by atomic mass is 9.96. The molecule has 0 saturated carbocycles. The molecule has 0 atom stereocenters. The predicted molar refractivity (Wildman–Crippen MR) is 50.9 cm³/mol. The molecule has 12 heavy (non-hydrogen) atoms. The highest BCUT2D eigenvalue weighted by Gasteiger charge is 2.13. The highest BCUT2D eigenvalue weighted by Crippen LogP contribution is 2.23. The summed E-state index contributed by atoms with van der Waals surface area (Å²) in [6, 6.07) is 0. The van der Waals surface area contributed by atoms with Crippen LogP contribution < -0.4 is 0 Å². The van der Waals surface area contributed by atoms with E-state index in [2.05, 4.69) is 12.2 Å². The summed E-state index contributed by atoms with van der Waals surface area (Å²) in [4.78, 5) is 11.3. The zero-order chi connectivity index (χ0) is 8.97. The number of Topliss-reactive ketones (excluding diaryl/α,β-unsaturated/α-hetero) is 1. The number of hydrogen-bond acceptors (Lipinski definition) is 1. The number of ketones is 1. The monoisotopic (exact) mass is 166 g/mol. The van der Waals surface area contributed by atoms with Crippen molar-refractivity contribution in [3.8, 4) is 0 Å². The Hall–Kier alpha value is -0.590. The normalized spacial score (nSPS) is 17.6. The van der Waals surface area contributed by atoms with E-state index in [4.69, 9.17) is 0 Å². The molecule has 0 aromatic carbocycles. The average molecular weight is 166 g/mol. The van der Waals surface area contributed by atoms with E-state index in [0.717, 1.165) is 18.8 Å². The van der Waals surface area contributed by atoms with Crippen molar-refractivity contribution >= 4 is 5.78 Å². The van der Waals surface area contributed by atoms with Gasteiger partial charge in [-0.2, -0.15) is 0 Å². The van der Waals surface area contributed by atoms with Gasteiger partial charge in [-0.25, -0.2) is 0 Å². The molecule has 0 bridgehead atoms. The lowest BCUT2D eigenvalue weighted by Crippen LogP contribution is -2.08. The number of rotatable bonds is 4. The van der Waals surface area contributed by atoms with Crippen LogP contribution in [0.4, 0.5) is 0 Å². The maximum atomic E-state index is 11.3. The van der Waals surface area contributed by atoms with Crippen LogP contribution in [0.3, 0.4) is 0 Å². The van der Waals surface area contributed by atoms with Gasteiger partial charge in [0, 0.05) is 12.3 Å². The summed E-state index contributed by atoms with van der Waals surface area (Å²) in [6.07, 6.45) is 8.69. The van der Waals surface area contributed by atoms with Crippen LogP contribution in [-0.2, 0) is 4.79 Å². The fourth-order valence-corrected chi connectivity index (χ4v) is 1.54. The van der Waals surface area contributed by atoms with E-state index in [1.165, 1.54) is 12.8 Å². The van der Waals surface area contributed by atoms with Gasteiger partial charge in [-0.1, -0.05) is 26.0 Å². The molecule has 0 amide bonds. The van der Waals surface area contributed by atoms with Crippen LogP contribution in [-0.4, -0.2) is 5.78 Å². The summed E-state index contributed by atoms with van der Waals surface area (Å²) in [5.74, 6) is 1.40. The van der Waals surface area contributed by atoms with Crippen molar-refractivity contribution in [2.75, 3.05) is 0 Å². The summed E-state index contributed by atoms with van der Waals surface area (Å²) in [5.41, 5.74) is 0. The first-order valence-electron chi connectivity index (χ1n) is 4.88. The molecule has 1 aliphatic rings. The molecule has 0 unspecified atom stereocenters. The van der Waals surface area contributed by atoms with Crippen LogP contribution in [0.25, 0.3) is 0 Å². The number of carbonyl (C=O) groups excluding carboxylic acids is 1. The van der Waals surface area contributed by atoms with E-state index in [0.29, 0.717) is 5.78 Å². The van der Waals surface area contributed by atoms with E-state index in [9.17, 15) is 4.79 Å². The standard InChI is InChI=1S/C11H18O/c1-9(2)11(12)8-7-10-5-3-4-6-10/h3-4,9-10H,5-8H2,1-2H3. The molecule has 0 fully saturated rings. The van der Waals surface area contributed by atoms with Crippen LogP contribution in [0, 0.1) is 11.8 Å². The predicted octanol–water partition coefficient (Wildman–Crippen LogP) is 2.96. The number of allylic oxidation sites excluding steroid dienone is 2. The topological polar surface area (TPSA) is 17.1 Å². The molecule has 0 spiro atoms. The van der Waals surface area contributed by atoms with Gasteiger partial charge >= 0.3 is 0 Å². The second kappa shape index (κ2) is 4.44. The van der Waals surface area contributed by atoms with E-state index >= 15 is 0 Å². The summed E-state index contributed by atoms with van der Waals surface area (Å²) in [5, 5.41) is 0. The Balaban J connectivity index is 2.13. The van der Waals surface area contributed by atoms with Gasteiger partial charge < -0.3 is 0 Å². The first kappa shape index (κ1) is 9.50. The molecular formula is C11H18O. The second-order valence-corrected chi connectivity index (χ2v) is 3.97. The highest BCUT2D eigenvalue weighted by atomic mass is 16.1. The summed E-state index contributed by atoms with van der Waals surface area (Å²) in [6.45, 7) is 3.96. The second-order valence-electron chi connectivity index (χ2n) is 3.97. The maximum absolute atomic E-state index is 11.3. The minimum absolute atomic E-state index is 0.222. The Morgan fingerprint density at radius 1 is 1.42 bits per heavy atom. The zero-order valence-corrected chi connectivity index (χ0v) is 8.05. The Labute approximate surface area is 74.9 Å². The molecule has 0 aliphatic heterocycles. The fourth-order valence-electron chi connectivity index (χ4n) is 1.54. The van der Waals surface area contributed by atoms with Crippen LogP contribution in [0.15, 0.2) is 12.2 Å². The molecule has 1 nitrogen and oxygen atoms in total. The van der Waals surface area contributed by atoms with Crippen molar-refractivity contribution in [2.45, 2.75) is 39.5 Å². The molecular weight excluding hydrogens is 148 g/mol. The number of hydrogen-bond donors (Lipinski definition) is 0. The molecule has 0 aromatic heterocycles. The van der Waals surface area contributed by atoms with Gasteiger partial charge in [-0.3, -0.25) is 4.79 Å². The quantitative estimate of drug-likeness (QED) is 0.587. The lowest BCUT2D eigenvalue weighted by Gasteiger charge is -2.08. The third-order valence-electron chi connectivity index (χ3n) is 2.55. The molecule has 0 saturated heterocycles. The molecule has 68 valence electrons. The van der Waals surface area contributed by atoms with Gasteiger partial charge in [0.15, 0.2) is 0 Å². The maximum Gasteiger partial charge on any atom is 0.135 e. The van der Waals surface area contributed by atoms with E-state index in [1.807, 2.05) is 13.8 Å². The Morgan fingerprint density at radius 3 is 2.50 bits per heavy atom. The molecule has 0 heterocycles. The third-order valence-corrected chi connectivity index (χ3v) is 2.55. The van der Waals surface area contributed by atoms with Gasteiger partial charge in [-0.05, 0) is 25.2 Å². The summed E-state index contributed by atoms with van der Waals surface area (Å²) >= 11 is 0. The number of carbonyl (C=O) groups is 1. The van der Waals surface area contributed by atoms with Gasteiger partial charge in [0.2, 0.25) is 0 Å². The molecule has 1 aliphatic carbocycles. The largest absolute Gasteiger partial charge is 0.299 e. The molecule has 0 N–H and O–H groups in total. The lowest BCUT2D eigenvalue weighted by molar-refractivity contribution is -0.122. The smallest absolute Gasteiger partial charge is 0.135 e. The van der Waals surface area contributed by atoms with E-state index in [-0.39, 0.29) is 5.92 Å². The van der Waals surface area contributed by atoms with Gasteiger partial charge in [0.25, 0.3) is 0 Å². The van der Waals surface area contributed by atoms with Crippen molar-refractivity contribution in [1.29, 1.82) is 0 Å². The highest BCUT2D eigenvalue weighted by molar-refractivity contribution is 5.80. The van der Waals surface area contributed by atoms with Crippen LogP contribution in [0.5, 0.6) is 0 Å². The van der Waals surface area contributed by atoms with E-state index < -0.39 is 0 Å². The van der Waals surface area contributed by atoms with Crippen molar-refractivity contribution in [1.82, 2.24) is 0 Å². The Bertz CT molecular complexity index is 171. The van der Waals surface area contributed by atoms with Crippen molar-refractivity contribution in [2.24, 2.45) is 11.8 Å². The third kappa shape index (κ3) is 2.80.